The van der Waals surface area contributed by atoms with Crippen molar-refractivity contribution in [3.05, 3.63) is 42.1 Å². The average Bonchev–Trinajstić information content (AvgIpc) is 2.36. The molecule has 0 saturated carbocycles. The fraction of sp³-hybridized carbons (Fsp3) is 0.357. The lowest BCUT2D eigenvalue weighted by Gasteiger charge is -2.28. The zero-order valence-electron chi connectivity index (χ0n) is 11.2. The molecule has 0 saturated heterocycles. The molecule has 0 amide bonds. The van der Waals surface area contributed by atoms with Crippen molar-refractivity contribution in [1.29, 1.82) is 0 Å². The highest BCUT2D eigenvalue weighted by Gasteiger charge is 2.39. The van der Waals surface area contributed by atoms with Gasteiger partial charge in [0.2, 0.25) is 0 Å². The molecular weight excluding hydrogens is 262 g/mol. The number of pyridine rings is 1. The van der Waals surface area contributed by atoms with Crippen molar-refractivity contribution in [1.82, 2.24) is 4.98 Å². The maximum absolute atomic E-state index is 11.8. The van der Waals surface area contributed by atoms with E-state index in [1.54, 1.807) is 6.07 Å². The Morgan fingerprint density at radius 2 is 1.89 bits per heavy atom. The van der Waals surface area contributed by atoms with E-state index >= 15 is 0 Å². The quantitative estimate of drug-likeness (QED) is 0.934. The van der Waals surface area contributed by atoms with E-state index in [-0.39, 0.29) is 0 Å². The van der Waals surface area contributed by atoms with Gasteiger partial charge in [0.25, 0.3) is 0 Å². The van der Waals surface area contributed by atoms with E-state index in [9.17, 15) is 13.5 Å². The van der Waals surface area contributed by atoms with Crippen LogP contribution in [0.25, 0.3) is 10.9 Å². The molecule has 2 aromatic rings. The minimum absolute atomic E-state index is 0.508. The molecule has 1 N–H and O–H groups in total. The molecule has 2 rings (SSSR count). The molecule has 0 radical (unpaired) electrons. The first-order chi connectivity index (χ1) is 8.73. The van der Waals surface area contributed by atoms with Crippen LogP contribution in [0, 0.1) is 0 Å². The van der Waals surface area contributed by atoms with Gasteiger partial charge < -0.3 is 5.11 Å². The molecule has 0 aliphatic carbocycles. The second kappa shape index (κ2) is 4.58. The highest BCUT2D eigenvalue weighted by atomic mass is 32.2. The number of benzene rings is 1. The van der Waals surface area contributed by atoms with Crippen molar-refractivity contribution in [3.63, 3.8) is 0 Å². The van der Waals surface area contributed by atoms with Crippen molar-refractivity contribution in [2.75, 3.05) is 6.26 Å². The first-order valence-electron chi connectivity index (χ1n) is 5.96. The van der Waals surface area contributed by atoms with Crippen LogP contribution in [-0.2, 0) is 9.84 Å². The fourth-order valence-electron chi connectivity index (χ4n) is 1.84. The zero-order valence-corrected chi connectivity index (χ0v) is 12.0. The summed E-state index contributed by atoms with van der Waals surface area (Å²) in [7, 11) is -3.38. The molecule has 0 fully saturated rings. The number of aliphatic hydroxyl groups is 1. The van der Waals surface area contributed by atoms with Crippen LogP contribution in [0.1, 0.15) is 25.5 Å². The van der Waals surface area contributed by atoms with Gasteiger partial charge in [-0.2, -0.15) is 0 Å². The predicted octanol–water partition coefficient (Wildman–Crippen LogP) is 2.09. The Morgan fingerprint density at radius 3 is 2.53 bits per heavy atom. The Kier molecular flexibility index (Phi) is 3.36. The molecule has 1 atom stereocenters. The molecule has 1 aromatic carbocycles. The number of hydrogen-bond donors (Lipinski definition) is 1. The van der Waals surface area contributed by atoms with E-state index in [1.807, 2.05) is 24.3 Å². The Bertz CT molecular complexity index is 707. The molecule has 102 valence electrons. The number of fused-ring (bicyclic) bond motifs is 1. The summed E-state index contributed by atoms with van der Waals surface area (Å²) in [5, 5.41) is 11.2. The van der Waals surface area contributed by atoms with Crippen molar-refractivity contribution in [3.8, 4) is 0 Å². The van der Waals surface area contributed by atoms with Gasteiger partial charge in [-0.15, -0.1) is 0 Å². The number of sulfone groups is 1. The van der Waals surface area contributed by atoms with Crippen LogP contribution in [0.4, 0.5) is 0 Å². The van der Waals surface area contributed by atoms with Gasteiger partial charge in [-0.05, 0) is 26.0 Å². The van der Waals surface area contributed by atoms with E-state index in [1.165, 1.54) is 20.0 Å². The molecule has 1 heterocycles. The normalized spacial score (nSPS) is 14.5. The van der Waals surface area contributed by atoms with Crippen LogP contribution >= 0.6 is 0 Å². The Labute approximate surface area is 113 Å². The maximum atomic E-state index is 11.8. The van der Waals surface area contributed by atoms with Gasteiger partial charge in [0.1, 0.15) is 0 Å². The second-order valence-electron chi connectivity index (χ2n) is 5.24. The first kappa shape index (κ1) is 14.0. The van der Waals surface area contributed by atoms with Gasteiger partial charge >= 0.3 is 0 Å². The standard InChI is InChI=1S/C14H17NO3S/c1-14(2,19(3,17)18)13(16)11-8-10-6-4-5-7-12(10)15-9-11/h4-9,13,16H,1-3H3. The molecular formula is C14H17NO3S. The molecule has 4 nitrogen and oxygen atoms in total. The summed E-state index contributed by atoms with van der Waals surface area (Å²) in [6, 6.07) is 9.28. The van der Waals surface area contributed by atoms with Crippen molar-refractivity contribution >= 4 is 20.7 Å². The van der Waals surface area contributed by atoms with Crippen LogP contribution in [0.2, 0.25) is 0 Å². The minimum atomic E-state index is -3.38. The lowest BCUT2D eigenvalue weighted by Crippen LogP contribution is -2.37. The Balaban J connectivity index is 2.50. The third kappa shape index (κ3) is 2.48. The van der Waals surface area contributed by atoms with E-state index in [4.69, 9.17) is 0 Å². The van der Waals surface area contributed by atoms with Crippen molar-refractivity contribution < 1.29 is 13.5 Å². The Hall–Kier alpha value is -1.46. The number of hydrogen-bond acceptors (Lipinski definition) is 4. The minimum Gasteiger partial charge on any atom is -0.387 e. The van der Waals surface area contributed by atoms with Gasteiger partial charge in [-0.3, -0.25) is 4.98 Å². The summed E-state index contributed by atoms with van der Waals surface area (Å²) in [4.78, 5) is 4.24. The maximum Gasteiger partial charge on any atom is 0.155 e. The lowest BCUT2D eigenvalue weighted by molar-refractivity contribution is 0.139. The molecule has 5 heteroatoms. The van der Waals surface area contributed by atoms with Crippen molar-refractivity contribution in [2.24, 2.45) is 0 Å². The van der Waals surface area contributed by atoms with E-state index in [2.05, 4.69) is 4.98 Å². The highest BCUT2D eigenvalue weighted by Crippen LogP contribution is 2.32. The molecule has 1 aromatic heterocycles. The van der Waals surface area contributed by atoms with Gasteiger partial charge in [-0.25, -0.2) is 8.42 Å². The summed E-state index contributed by atoms with van der Waals surface area (Å²) in [5.41, 5.74) is 1.32. The first-order valence-corrected chi connectivity index (χ1v) is 7.85. The number of aliphatic hydroxyl groups excluding tert-OH is 1. The van der Waals surface area contributed by atoms with E-state index < -0.39 is 20.7 Å². The monoisotopic (exact) mass is 279 g/mol. The van der Waals surface area contributed by atoms with Gasteiger partial charge in [0.05, 0.1) is 16.4 Å². The molecule has 0 aliphatic heterocycles. The predicted molar refractivity (Wildman–Crippen MR) is 75.6 cm³/mol. The summed E-state index contributed by atoms with van der Waals surface area (Å²) in [5.74, 6) is 0. The van der Waals surface area contributed by atoms with E-state index in [0.717, 1.165) is 17.2 Å². The summed E-state index contributed by atoms with van der Waals surface area (Å²) < 4.78 is 22.2. The van der Waals surface area contributed by atoms with Crippen LogP contribution in [0.15, 0.2) is 36.5 Å². The second-order valence-corrected chi connectivity index (χ2v) is 7.84. The molecule has 0 spiro atoms. The number of rotatable bonds is 3. The van der Waals surface area contributed by atoms with Crippen molar-refractivity contribution in [2.45, 2.75) is 24.7 Å². The molecule has 0 aliphatic rings. The SMILES string of the molecule is CC(C)(C(O)c1cnc2ccccc2c1)S(C)(=O)=O. The summed E-state index contributed by atoms with van der Waals surface area (Å²) >= 11 is 0. The van der Waals surface area contributed by atoms with Gasteiger partial charge in [-0.1, -0.05) is 18.2 Å². The largest absolute Gasteiger partial charge is 0.387 e. The van der Waals surface area contributed by atoms with Crippen LogP contribution in [0.3, 0.4) is 0 Å². The topological polar surface area (TPSA) is 67.3 Å². The summed E-state index contributed by atoms with van der Waals surface area (Å²) in [6.07, 6.45) is 1.55. The number of aromatic nitrogens is 1. The van der Waals surface area contributed by atoms with E-state index in [0.29, 0.717) is 5.56 Å². The number of para-hydroxylation sites is 1. The molecule has 0 bridgehead atoms. The molecule has 1 unspecified atom stereocenters. The van der Waals surface area contributed by atoms with Gasteiger partial charge in [0.15, 0.2) is 9.84 Å². The zero-order chi connectivity index (χ0) is 14.3. The van der Waals surface area contributed by atoms with Gasteiger partial charge in [0, 0.05) is 23.4 Å². The average molecular weight is 279 g/mol. The highest BCUT2D eigenvalue weighted by molar-refractivity contribution is 7.92. The van der Waals surface area contributed by atoms with Crippen LogP contribution in [-0.4, -0.2) is 29.5 Å². The molecule has 19 heavy (non-hydrogen) atoms. The smallest absolute Gasteiger partial charge is 0.155 e. The fourth-order valence-corrected chi connectivity index (χ4v) is 2.38. The van der Waals surface area contributed by atoms with Crippen LogP contribution < -0.4 is 0 Å². The summed E-state index contributed by atoms with van der Waals surface area (Å²) in [6.45, 7) is 3.03. The Morgan fingerprint density at radius 1 is 1.26 bits per heavy atom. The third-order valence-electron chi connectivity index (χ3n) is 3.54. The lowest BCUT2D eigenvalue weighted by atomic mass is 9.98. The van der Waals surface area contributed by atoms with Crippen LogP contribution in [0.5, 0.6) is 0 Å². The number of nitrogens with zero attached hydrogens (tertiary/aromatic N) is 1. The third-order valence-corrected chi connectivity index (χ3v) is 5.68.